The summed E-state index contributed by atoms with van der Waals surface area (Å²) in [7, 11) is 0. The highest BCUT2D eigenvalue weighted by Crippen LogP contribution is 2.22. The van der Waals surface area contributed by atoms with Gasteiger partial charge in [-0.1, -0.05) is 53.2 Å². The highest BCUT2D eigenvalue weighted by molar-refractivity contribution is 6.38. The lowest BCUT2D eigenvalue weighted by molar-refractivity contribution is -0.144. The molecule has 2 rings (SSSR count). The number of hydrogen-bond acceptors (Lipinski definition) is 19. The third kappa shape index (κ3) is 26.8. The number of aliphatic carboxylic acids is 2. The summed E-state index contributed by atoms with van der Waals surface area (Å²) in [5, 5.41) is 61.0. The zero-order valence-corrected chi connectivity index (χ0v) is 51.3. The molecule has 14 amide bonds. The quantitative estimate of drug-likeness (QED) is 0.0272. The van der Waals surface area contributed by atoms with Crippen molar-refractivity contribution in [1.29, 1.82) is 0 Å². The van der Waals surface area contributed by atoms with Crippen molar-refractivity contribution in [3.05, 3.63) is 29.8 Å². The summed E-state index contributed by atoms with van der Waals surface area (Å²) >= 11 is 0. The summed E-state index contributed by atoms with van der Waals surface area (Å²) < 4.78 is 0. The lowest BCUT2D eigenvalue weighted by atomic mass is 9.98. The standard InChI is InChI=1S/C56H84N14O21/c1-7-9-31(63-53(88)38-10-8-21-70(38)56(91)45(27(4)5)69-54(89)44(26(2)3)68-50(85)34(17-20-43(79)80)64-48(83)32(61-28(6)72)16-19-42(77)78)46(81)55(90)60-24-41(76)62-33(15-18-39(57)74)49(84)66-36(23-40(58)75)52(87)65-35(22-29-11-13-30(73)14-12-29)51(86)67-37(25-71)47(59)82/h11-14,26-27,31-38,44-45,71,73H,7-10,15-25H2,1-6H3,(H2,57,74)(H2,58,75)(H2,59,82)(H,60,90)(H,61,72)(H,62,76)(H,63,88)(H,64,83)(H,65,87)(H,66,84)(H,67,86)(H,68,85)(H,69,89)(H,77,78)(H,79,80)/t31-,32-,33+,34-,35-,36+,37-,38?,44-,45-/m0/s1. The fourth-order valence-corrected chi connectivity index (χ4v) is 9.16. The summed E-state index contributed by atoms with van der Waals surface area (Å²) in [6.45, 7) is 6.96. The molecule has 1 unspecified atom stereocenters. The van der Waals surface area contributed by atoms with E-state index in [0.717, 1.165) is 6.92 Å². The lowest BCUT2D eigenvalue weighted by Crippen LogP contribution is -2.61. The van der Waals surface area contributed by atoms with E-state index in [2.05, 4.69) is 53.2 Å². The Morgan fingerprint density at radius 1 is 0.560 bits per heavy atom. The molecule has 1 fully saturated rings. The van der Waals surface area contributed by atoms with Crippen molar-refractivity contribution < 1.29 is 102 Å². The second-order valence-electron chi connectivity index (χ2n) is 22.2. The van der Waals surface area contributed by atoms with E-state index in [4.69, 9.17) is 22.3 Å². The van der Waals surface area contributed by atoms with Gasteiger partial charge in [-0.3, -0.25) is 81.5 Å². The van der Waals surface area contributed by atoms with Gasteiger partial charge in [-0.2, -0.15) is 0 Å². The molecule has 1 aliphatic heterocycles. The molecule has 1 heterocycles. The molecule has 1 saturated heterocycles. The van der Waals surface area contributed by atoms with Gasteiger partial charge in [0.1, 0.15) is 60.1 Å². The Kier molecular flexibility index (Phi) is 32.2. The van der Waals surface area contributed by atoms with Crippen LogP contribution in [0, 0.1) is 11.8 Å². The predicted octanol–water partition coefficient (Wildman–Crippen LogP) is -6.55. The van der Waals surface area contributed by atoms with Crippen molar-refractivity contribution in [1.82, 2.24) is 58.1 Å². The molecule has 1 aromatic rings. The van der Waals surface area contributed by atoms with E-state index in [1.54, 1.807) is 20.8 Å². The lowest BCUT2D eigenvalue weighted by Gasteiger charge is -2.33. The average Bonchev–Trinajstić information content (AvgIpc) is 1.86. The first-order valence-corrected chi connectivity index (χ1v) is 29.1. The van der Waals surface area contributed by atoms with Crippen molar-refractivity contribution in [2.75, 3.05) is 19.7 Å². The van der Waals surface area contributed by atoms with Gasteiger partial charge in [0.05, 0.1) is 25.6 Å². The van der Waals surface area contributed by atoms with Crippen molar-refractivity contribution in [3.63, 3.8) is 0 Å². The van der Waals surface area contributed by atoms with Crippen molar-refractivity contribution in [2.45, 2.75) is 179 Å². The Morgan fingerprint density at radius 2 is 1.04 bits per heavy atom. The van der Waals surface area contributed by atoms with E-state index in [0.29, 0.717) is 5.56 Å². The summed E-state index contributed by atoms with van der Waals surface area (Å²) in [5.41, 5.74) is 16.3. The maximum Gasteiger partial charge on any atom is 0.303 e. The molecule has 10 atom stereocenters. The van der Waals surface area contributed by atoms with E-state index >= 15 is 0 Å². The number of rotatable bonds is 40. The third-order valence-electron chi connectivity index (χ3n) is 14.0. The van der Waals surface area contributed by atoms with E-state index in [9.17, 15) is 96.8 Å². The van der Waals surface area contributed by atoms with Gasteiger partial charge < -0.3 is 95.7 Å². The number of carbonyl (C=O) groups excluding carboxylic acids is 15. The molecular formula is C56H84N14O21. The highest BCUT2D eigenvalue weighted by atomic mass is 16.4. The number of ketones is 1. The Morgan fingerprint density at radius 3 is 1.55 bits per heavy atom. The molecule has 20 N–H and O–H groups in total. The van der Waals surface area contributed by atoms with Gasteiger partial charge in [0.15, 0.2) is 0 Å². The second kappa shape index (κ2) is 37.9. The van der Waals surface area contributed by atoms with Crippen LogP contribution >= 0.6 is 0 Å². The summed E-state index contributed by atoms with van der Waals surface area (Å²) in [4.78, 5) is 222. The van der Waals surface area contributed by atoms with Gasteiger partial charge in [-0.05, 0) is 68.1 Å². The van der Waals surface area contributed by atoms with Gasteiger partial charge in [0.2, 0.25) is 82.6 Å². The van der Waals surface area contributed by atoms with Crippen LogP contribution in [0.1, 0.15) is 118 Å². The minimum Gasteiger partial charge on any atom is -0.508 e. The molecule has 0 aliphatic carbocycles. The van der Waals surface area contributed by atoms with E-state index in [1.165, 1.54) is 43.0 Å². The molecule has 0 spiro atoms. The molecule has 0 bridgehead atoms. The monoisotopic (exact) mass is 1290 g/mol. The SMILES string of the molecule is CCC[C@H](NC(=O)C1CCCN1C(=O)[C@@H](NC(=O)[C@@H](NC(=O)[C@H](CCC(=O)O)NC(=O)[C@H](CCC(=O)O)NC(C)=O)C(C)C)C(C)C)C(=O)C(=O)NCC(=O)N[C@H](CCC(N)=O)C(=O)N[C@H](CC(N)=O)C(=O)N[C@@H](Cc1ccc(O)cc1)C(=O)N[C@@H](CO)C(N)=O. The predicted molar refractivity (Wildman–Crippen MR) is 314 cm³/mol. The number of nitrogens with one attached hydrogen (secondary N) is 10. The van der Waals surface area contributed by atoms with E-state index in [1.807, 2.05) is 0 Å². The summed E-state index contributed by atoms with van der Waals surface area (Å²) in [6, 6.07) is -10.2. The van der Waals surface area contributed by atoms with Gasteiger partial charge in [-0.15, -0.1) is 0 Å². The zero-order valence-electron chi connectivity index (χ0n) is 51.3. The molecule has 35 nitrogen and oxygen atoms in total. The topological polar surface area (TPSA) is 573 Å². The van der Waals surface area contributed by atoms with Gasteiger partial charge in [0.25, 0.3) is 5.91 Å². The fraction of sp³-hybridized carbons (Fsp3) is 0.589. The fourth-order valence-electron chi connectivity index (χ4n) is 9.16. The number of carboxylic acid groups (broad SMARTS) is 2. The normalized spacial score (nSPS) is 15.6. The largest absolute Gasteiger partial charge is 0.508 e. The van der Waals surface area contributed by atoms with Crippen LogP contribution in [0.25, 0.3) is 0 Å². The van der Waals surface area contributed by atoms with Crippen molar-refractivity contribution >= 4 is 100 Å². The van der Waals surface area contributed by atoms with Crippen LogP contribution < -0.4 is 70.4 Å². The van der Waals surface area contributed by atoms with E-state index < -0.39 is 224 Å². The number of phenols is 1. The molecule has 1 aliphatic rings. The first kappa shape index (κ1) is 77.3. The Bertz CT molecular complexity index is 2850. The molecule has 91 heavy (non-hydrogen) atoms. The number of hydrogen-bond donors (Lipinski definition) is 17. The molecule has 504 valence electrons. The molecular weight excluding hydrogens is 1200 g/mol. The zero-order chi connectivity index (χ0) is 69.0. The van der Waals surface area contributed by atoms with Crippen LogP contribution in [0.2, 0.25) is 0 Å². The number of carbonyl (C=O) groups is 17. The number of aromatic hydroxyl groups is 1. The first-order chi connectivity index (χ1) is 42.6. The number of likely N-dealkylation sites (tertiary alicyclic amines) is 1. The number of amides is 14. The van der Waals surface area contributed by atoms with Gasteiger partial charge >= 0.3 is 11.9 Å². The average molecular weight is 1290 g/mol. The Hall–Kier alpha value is -9.83. The first-order valence-electron chi connectivity index (χ1n) is 29.1. The number of aliphatic hydroxyl groups excluding tert-OH is 1. The van der Waals surface area contributed by atoms with Gasteiger partial charge in [-0.25, -0.2) is 0 Å². The van der Waals surface area contributed by atoms with Crippen molar-refractivity contribution in [2.24, 2.45) is 29.0 Å². The van der Waals surface area contributed by atoms with Crippen LogP contribution in [0.15, 0.2) is 24.3 Å². The summed E-state index contributed by atoms with van der Waals surface area (Å²) in [6.07, 6.45) is -4.03. The molecule has 35 heteroatoms. The number of benzene rings is 1. The van der Waals surface area contributed by atoms with Crippen LogP contribution in [0.3, 0.4) is 0 Å². The highest BCUT2D eigenvalue weighted by Gasteiger charge is 2.42. The molecule has 0 radical (unpaired) electrons. The minimum absolute atomic E-state index is 0.00980. The van der Waals surface area contributed by atoms with Gasteiger partial charge in [0, 0.05) is 39.2 Å². The number of phenolic OH excluding ortho intramolecular Hbond substituents is 1. The number of nitrogens with zero attached hydrogens (tertiary/aromatic N) is 1. The van der Waals surface area contributed by atoms with Crippen LogP contribution in [0.4, 0.5) is 0 Å². The molecule has 0 saturated carbocycles. The number of primary amides is 3. The summed E-state index contributed by atoms with van der Waals surface area (Å²) in [5.74, 6) is -20.0. The Balaban J connectivity index is 2.27. The maximum absolute atomic E-state index is 14.3. The number of nitrogens with two attached hydrogens (primary N) is 3. The van der Waals surface area contributed by atoms with Crippen LogP contribution in [0.5, 0.6) is 5.75 Å². The Labute approximate surface area is 522 Å². The molecule has 1 aromatic carbocycles. The number of aliphatic hydroxyl groups is 1. The van der Waals surface area contributed by atoms with Crippen LogP contribution in [-0.2, 0) is 87.9 Å². The second-order valence-corrected chi connectivity index (χ2v) is 22.2. The van der Waals surface area contributed by atoms with Crippen LogP contribution in [-0.4, -0.2) is 206 Å². The maximum atomic E-state index is 14.3. The minimum atomic E-state index is -1.89. The molecule has 0 aromatic heterocycles. The number of Topliss-reactive ketones (excluding diaryl/α,β-unsaturated/α-hetero) is 1. The number of carboxylic acids is 2. The van der Waals surface area contributed by atoms with Crippen molar-refractivity contribution in [3.8, 4) is 5.75 Å². The van der Waals surface area contributed by atoms with E-state index in [-0.39, 0.29) is 50.8 Å². The smallest absolute Gasteiger partial charge is 0.303 e. The third-order valence-corrected chi connectivity index (χ3v) is 14.0.